The summed E-state index contributed by atoms with van der Waals surface area (Å²) in [6.45, 7) is 0. The zero-order valence-corrected chi connectivity index (χ0v) is 10.2. The summed E-state index contributed by atoms with van der Waals surface area (Å²) >= 11 is 3.18. The molecule has 0 amide bonds. The molecule has 0 aliphatic carbocycles. The number of benzene rings is 2. The normalized spacial score (nSPS) is 10.3. The summed E-state index contributed by atoms with van der Waals surface area (Å²) in [6, 6.07) is 8.13. The lowest BCUT2D eigenvalue weighted by Gasteiger charge is -2.08. The van der Waals surface area contributed by atoms with Crippen LogP contribution in [0.3, 0.4) is 0 Å². The van der Waals surface area contributed by atoms with Gasteiger partial charge in [0.1, 0.15) is 0 Å². The van der Waals surface area contributed by atoms with E-state index >= 15 is 0 Å². The number of rotatable bonds is 2. The number of nitrogen functional groups attached to an aromatic ring is 1. The lowest BCUT2D eigenvalue weighted by atomic mass is 10.3. The van der Waals surface area contributed by atoms with Gasteiger partial charge in [-0.1, -0.05) is 15.9 Å². The number of hydrogen-bond acceptors (Lipinski definition) is 2. The maximum Gasteiger partial charge on any atom is 0.167 e. The summed E-state index contributed by atoms with van der Waals surface area (Å²) in [5.74, 6) is -1.33. The summed E-state index contributed by atoms with van der Waals surface area (Å²) in [5, 5.41) is 0. The minimum absolute atomic E-state index is 0.0527. The van der Waals surface area contributed by atoms with E-state index < -0.39 is 11.6 Å². The summed E-state index contributed by atoms with van der Waals surface area (Å²) in [6.07, 6.45) is 0. The maximum atomic E-state index is 13.4. The topological polar surface area (TPSA) is 35.2 Å². The largest absolute Gasteiger partial charge is 0.451 e. The Morgan fingerprint density at radius 2 is 1.71 bits per heavy atom. The lowest BCUT2D eigenvalue weighted by Crippen LogP contribution is -1.93. The van der Waals surface area contributed by atoms with Crippen LogP contribution in [0, 0.1) is 11.6 Å². The molecule has 2 nitrogen and oxygen atoms in total. The van der Waals surface area contributed by atoms with Crippen molar-refractivity contribution in [1.29, 1.82) is 0 Å². The van der Waals surface area contributed by atoms with E-state index in [0.717, 1.165) is 6.07 Å². The van der Waals surface area contributed by atoms with E-state index in [9.17, 15) is 8.78 Å². The molecule has 0 spiro atoms. The van der Waals surface area contributed by atoms with Gasteiger partial charge in [0.2, 0.25) is 0 Å². The van der Waals surface area contributed by atoms with Crippen LogP contribution in [0.2, 0.25) is 0 Å². The Bertz CT molecular complexity index is 560. The number of halogens is 3. The highest BCUT2D eigenvalue weighted by atomic mass is 79.9. The predicted molar refractivity (Wildman–Crippen MR) is 65.0 cm³/mol. The van der Waals surface area contributed by atoms with Crippen LogP contribution in [0.15, 0.2) is 40.9 Å². The average Bonchev–Trinajstić information content (AvgIpc) is 2.27. The number of ether oxygens (including phenoxy) is 1. The van der Waals surface area contributed by atoms with Gasteiger partial charge in [0.05, 0.1) is 0 Å². The van der Waals surface area contributed by atoms with Gasteiger partial charge in [-0.2, -0.15) is 0 Å². The van der Waals surface area contributed by atoms with Gasteiger partial charge in [-0.15, -0.1) is 0 Å². The van der Waals surface area contributed by atoms with Gasteiger partial charge in [0.25, 0.3) is 0 Å². The molecule has 88 valence electrons. The summed E-state index contributed by atoms with van der Waals surface area (Å²) in [4.78, 5) is 0. The van der Waals surface area contributed by atoms with Crippen LogP contribution in [-0.4, -0.2) is 0 Å². The van der Waals surface area contributed by atoms with E-state index in [-0.39, 0.29) is 17.2 Å². The van der Waals surface area contributed by atoms with Gasteiger partial charge in [-0.3, -0.25) is 0 Å². The van der Waals surface area contributed by atoms with Gasteiger partial charge in [0, 0.05) is 16.2 Å². The van der Waals surface area contributed by atoms with Crippen LogP contribution in [-0.2, 0) is 0 Å². The highest BCUT2D eigenvalue weighted by Crippen LogP contribution is 2.29. The molecule has 0 saturated heterocycles. The first-order chi connectivity index (χ1) is 8.06. The Morgan fingerprint density at radius 1 is 0.941 bits per heavy atom. The lowest BCUT2D eigenvalue weighted by molar-refractivity contribution is 0.414. The van der Waals surface area contributed by atoms with E-state index in [0.29, 0.717) is 4.47 Å². The Kier molecular flexibility index (Phi) is 3.28. The smallest absolute Gasteiger partial charge is 0.167 e. The Hall–Kier alpha value is -1.62. The van der Waals surface area contributed by atoms with Gasteiger partial charge in [-0.05, 0) is 30.3 Å². The van der Waals surface area contributed by atoms with Gasteiger partial charge in [0.15, 0.2) is 23.1 Å². The second-order valence-corrected chi connectivity index (χ2v) is 4.28. The first-order valence-electron chi connectivity index (χ1n) is 4.74. The second-order valence-electron chi connectivity index (χ2n) is 3.37. The average molecular weight is 300 g/mol. The SMILES string of the molecule is Nc1ccc(Oc2cc(Br)ccc2F)c(F)c1. The molecule has 2 aromatic carbocycles. The molecule has 0 aromatic heterocycles. The monoisotopic (exact) mass is 299 g/mol. The zero-order valence-electron chi connectivity index (χ0n) is 8.58. The Balaban J connectivity index is 2.34. The zero-order chi connectivity index (χ0) is 12.4. The minimum atomic E-state index is -0.635. The fraction of sp³-hybridized carbons (Fsp3) is 0. The highest BCUT2D eigenvalue weighted by molar-refractivity contribution is 9.10. The predicted octanol–water partition coefficient (Wildman–Crippen LogP) is 4.10. The molecule has 0 aliphatic rings. The number of hydrogen-bond donors (Lipinski definition) is 1. The quantitative estimate of drug-likeness (QED) is 0.847. The molecule has 5 heteroatoms. The van der Waals surface area contributed by atoms with Gasteiger partial charge in [-0.25, -0.2) is 8.78 Å². The van der Waals surface area contributed by atoms with Crippen LogP contribution in [0.25, 0.3) is 0 Å². The summed E-state index contributed by atoms with van der Waals surface area (Å²) in [7, 11) is 0. The number of nitrogens with two attached hydrogens (primary N) is 1. The summed E-state index contributed by atoms with van der Waals surface area (Å²) in [5.41, 5.74) is 5.68. The number of anilines is 1. The molecule has 2 aromatic rings. The van der Waals surface area contributed by atoms with Crippen molar-refractivity contribution in [3.8, 4) is 11.5 Å². The van der Waals surface area contributed by atoms with E-state index in [1.165, 1.54) is 30.3 Å². The molecule has 2 N–H and O–H groups in total. The first-order valence-corrected chi connectivity index (χ1v) is 5.53. The highest BCUT2D eigenvalue weighted by Gasteiger charge is 2.09. The van der Waals surface area contributed by atoms with E-state index in [1.807, 2.05) is 0 Å². The van der Waals surface area contributed by atoms with Crippen LogP contribution >= 0.6 is 15.9 Å². The molecule has 0 saturated carbocycles. The molecule has 0 radical (unpaired) electrons. The van der Waals surface area contributed by atoms with E-state index in [2.05, 4.69) is 15.9 Å². The van der Waals surface area contributed by atoms with Crippen molar-refractivity contribution in [3.63, 3.8) is 0 Å². The van der Waals surface area contributed by atoms with E-state index in [4.69, 9.17) is 10.5 Å². The third-order valence-corrected chi connectivity index (χ3v) is 2.56. The Morgan fingerprint density at radius 3 is 2.41 bits per heavy atom. The van der Waals surface area contributed by atoms with Gasteiger partial charge >= 0.3 is 0 Å². The van der Waals surface area contributed by atoms with Crippen LogP contribution in [0.5, 0.6) is 11.5 Å². The van der Waals surface area contributed by atoms with Crippen LogP contribution in [0.1, 0.15) is 0 Å². The first kappa shape index (κ1) is 11.9. The second kappa shape index (κ2) is 4.71. The third kappa shape index (κ3) is 2.74. The van der Waals surface area contributed by atoms with Crippen molar-refractivity contribution in [1.82, 2.24) is 0 Å². The Labute approximate surface area is 105 Å². The van der Waals surface area contributed by atoms with E-state index in [1.54, 1.807) is 0 Å². The third-order valence-electron chi connectivity index (χ3n) is 2.07. The minimum Gasteiger partial charge on any atom is -0.451 e. The van der Waals surface area contributed by atoms with Crippen molar-refractivity contribution >= 4 is 21.6 Å². The summed E-state index contributed by atoms with van der Waals surface area (Å²) < 4.78 is 32.6. The van der Waals surface area contributed by atoms with Crippen molar-refractivity contribution in [2.75, 3.05) is 5.73 Å². The molecule has 0 heterocycles. The molecule has 0 aliphatic heterocycles. The van der Waals surface area contributed by atoms with Crippen molar-refractivity contribution in [3.05, 3.63) is 52.5 Å². The molecule has 0 bridgehead atoms. The van der Waals surface area contributed by atoms with Crippen molar-refractivity contribution < 1.29 is 13.5 Å². The van der Waals surface area contributed by atoms with Crippen LogP contribution < -0.4 is 10.5 Å². The van der Waals surface area contributed by atoms with Crippen molar-refractivity contribution in [2.24, 2.45) is 0 Å². The molecule has 0 unspecified atom stereocenters. The van der Waals surface area contributed by atoms with Crippen molar-refractivity contribution in [2.45, 2.75) is 0 Å². The molecular formula is C12H8BrF2NO. The van der Waals surface area contributed by atoms with Crippen LogP contribution in [0.4, 0.5) is 14.5 Å². The maximum absolute atomic E-state index is 13.4. The fourth-order valence-corrected chi connectivity index (χ4v) is 1.61. The standard InChI is InChI=1S/C12H8BrF2NO/c13-7-1-3-9(14)12(5-7)17-11-4-2-8(16)6-10(11)15/h1-6H,16H2. The molecule has 0 atom stereocenters. The molecule has 2 rings (SSSR count). The molecule has 17 heavy (non-hydrogen) atoms. The fourth-order valence-electron chi connectivity index (χ4n) is 1.27. The molecule has 0 fully saturated rings. The molecular weight excluding hydrogens is 292 g/mol. The van der Waals surface area contributed by atoms with Gasteiger partial charge < -0.3 is 10.5 Å².